The van der Waals surface area contributed by atoms with Crippen molar-refractivity contribution in [1.29, 1.82) is 0 Å². The number of benzene rings is 3. The fraction of sp³-hybridized carbons (Fsp3) is 0.269. The van der Waals surface area contributed by atoms with E-state index in [2.05, 4.69) is 12.2 Å². The molecule has 0 radical (unpaired) electrons. The maximum Gasteiger partial charge on any atom is 0.264 e. The molecule has 8 heteroatoms. The average molecular weight is 501 g/mol. The number of hydrogen-bond acceptors (Lipinski definition) is 4. The lowest BCUT2D eigenvalue weighted by Crippen LogP contribution is -2.38. The molecule has 3 rings (SSSR count). The van der Waals surface area contributed by atoms with E-state index in [1.807, 2.05) is 31.2 Å². The Kier molecular flexibility index (Phi) is 8.96. The van der Waals surface area contributed by atoms with Crippen LogP contribution in [-0.4, -0.2) is 27.5 Å². The van der Waals surface area contributed by atoms with Crippen molar-refractivity contribution in [2.45, 2.75) is 38.0 Å². The second-order valence-corrected chi connectivity index (χ2v) is 10.0. The molecule has 0 spiro atoms. The van der Waals surface area contributed by atoms with Crippen LogP contribution in [0.4, 0.5) is 11.4 Å². The van der Waals surface area contributed by atoms with Crippen LogP contribution < -0.4 is 14.4 Å². The van der Waals surface area contributed by atoms with Crippen LogP contribution in [0, 0.1) is 0 Å². The highest BCUT2D eigenvalue weighted by molar-refractivity contribution is 7.92. The molecule has 34 heavy (non-hydrogen) atoms. The van der Waals surface area contributed by atoms with Gasteiger partial charge in [-0.25, -0.2) is 8.42 Å². The van der Waals surface area contributed by atoms with Gasteiger partial charge in [0.25, 0.3) is 10.0 Å². The predicted octanol–water partition coefficient (Wildman–Crippen LogP) is 5.92. The Balaban J connectivity index is 1.84. The molecular formula is C26H29ClN2O4S. The van der Waals surface area contributed by atoms with E-state index in [-0.39, 0.29) is 4.90 Å². The van der Waals surface area contributed by atoms with E-state index in [1.165, 1.54) is 29.8 Å². The largest absolute Gasteiger partial charge is 0.494 e. The van der Waals surface area contributed by atoms with Gasteiger partial charge in [-0.05, 0) is 86.0 Å². The third-order valence-electron chi connectivity index (χ3n) is 5.18. The summed E-state index contributed by atoms with van der Waals surface area (Å²) in [6, 6.07) is 20.1. The Morgan fingerprint density at radius 3 is 2.18 bits per heavy atom. The Labute approximate surface area is 206 Å². The summed E-state index contributed by atoms with van der Waals surface area (Å²) in [5.41, 5.74) is 2.16. The maximum absolute atomic E-state index is 13.5. The number of sulfonamides is 1. The topological polar surface area (TPSA) is 75.7 Å². The zero-order valence-electron chi connectivity index (χ0n) is 19.3. The van der Waals surface area contributed by atoms with E-state index in [1.54, 1.807) is 24.3 Å². The first kappa shape index (κ1) is 25.6. The van der Waals surface area contributed by atoms with Crippen molar-refractivity contribution in [1.82, 2.24) is 0 Å². The molecule has 0 unspecified atom stereocenters. The summed E-state index contributed by atoms with van der Waals surface area (Å²) in [5.74, 6) is 0.162. The van der Waals surface area contributed by atoms with Gasteiger partial charge in [0.1, 0.15) is 12.3 Å². The highest BCUT2D eigenvalue weighted by Crippen LogP contribution is 2.27. The summed E-state index contributed by atoms with van der Waals surface area (Å²) >= 11 is 5.93. The minimum absolute atomic E-state index is 0.0406. The number of unbranched alkanes of at least 4 members (excludes halogenated alkanes) is 1. The normalized spacial score (nSPS) is 11.1. The Hall–Kier alpha value is -3.03. The van der Waals surface area contributed by atoms with Crippen molar-refractivity contribution in [2.24, 2.45) is 0 Å². The van der Waals surface area contributed by atoms with Gasteiger partial charge in [0.05, 0.1) is 17.2 Å². The molecule has 180 valence electrons. The quantitative estimate of drug-likeness (QED) is 0.355. The molecule has 6 nitrogen and oxygen atoms in total. The average Bonchev–Trinajstić information content (AvgIpc) is 2.83. The standard InChI is InChI=1S/C26H29ClN2O4S/c1-3-5-6-20-7-11-22(12-8-20)28-26(30)19-29(23-13-15-24(16-14-23)33-4-2)34(31,32)25-17-9-21(27)10-18-25/h7-18H,3-6,19H2,1-2H3,(H,28,30). The zero-order valence-corrected chi connectivity index (χ0v) is 20.9. The first-order valence-corrected chi connectivity index (χ1v) is 13.0. The van der Waals surface area contributed by atoms with Gasteiger partial charge >= 0.3 is 0 Å². The predicted molar refractivity (Wildman–Crippen MR) is 137 cm³/mol. The molecule has 0 aromatic heterocycles. The van der Waals surface area contributed by atoms with E-state index in [9.17, 15) is 13.2 Å². The highest BCUT2D eigenvalue weighted by atomic mass is 35.5. The van der Waals surface area contributed by atoms with E-state index >= 15 is 0 Å². The lowest BCUT2D eigenvalue weighted by atomic mass is 10.1. The highest BCUT2D eigenvalue weighted by Gasteiger charge is 2.27. The van der Waals surface area contributed by atoms with Gasteiger partial charge in [-0.15, -0.1) is 0 Å². The summed E-state index contributed by atoms with van der Waals surface area (Å²) < 4.78 is 33.5. The smallest absolute Gasteiger partial charge is 0.264 e. The van der Waals surface area contributed by atoms with Gasteiger partial charge in [-0.2, -0.15) is 0 Å². The molecule has 1 amide bonds. The molecule has 0 heterocycles. The SMILES string of the molecule is CCCCc1ccc(NC(=O)CN(c2ccc(OCC)cc2)S(=O)(=O)c2ccc(Cl)cc2)cc1. The lowest BCUT2D eigenvalue weighted by molar-refractivity contribution is -0.114. The van der Waals surface area contributed by atoms with Crippen molar-refractivity contribution in [3.05, 3.63) is 83.4 Å². The van der Waals surface area contributed by atoms with Crippen molar-refractivity contribution in [3.8, 4) is 5.75 Å². The number of carbonyl (C=O) groups is 1. The first-order valence-electron chi connectivity index (χ1n) is 11.2. The van der Waals surface area contributed by atoms with Crippen LogP contribution in [0.25, 0.3) is 0 Å². The lowest BCUT2D eigenvalue weighted by Gasteiger charge is -2.24. The molecule has 0 fully saturated rings. The minimum Gasteiger partial charge on any atom is -0.494 e. The number of rotatable bonds is 11. The van der Waals surface area contributed by atoms with Gasteiger partial charge in [-0.3, -0.25) is 9.10 Å². The molecule has 0 saturated heterocycles. The van der Waals surface area contributed by atoms with Crippen LogP contribution in [0.1, 0.15) is 32.3 Å². The zero-order chi connectivity index (χ0) is 24.6. The molecule has 1 N–H and O–H groups in total. The van der Waals surface area contributed by atoms with Crippen molar-refractivity contribution >= 4 is 38.9 Å². The molecule has 0 atom stereocenters. The fourth-order valence-corrected chi connectivity index (χ4v) is 4.94. The summed E-state index contributed by atoms with van der Waals surface area (Å²) in [4.78, 5) is 12.9. The number of halogens is 1. The Morgan fingerprint density at radius 1 is 0.941 bits per heavy atom. The van der Waals surface area contributed by atoms with Crippen molar-refractivity contribution in [2.75, 3.05) is 22.8 Å². The summed E-state index contributed by atoms with van der Waals surface area (Å²) in [6.07, 6.45) is 3.20. The number of nitrogens with zero attached hydrogens (tertiary/aromatic N) is 1. The van der Waals surface area contributed by atoms with Crippen molar-refractivity contribution in [3.63, 3.8) is 0 Å². The van der Waals surface area contributed by atoms with E-state index in [0.29, 0.717) is 28.8 Å². The molecule has 3 aromatic carbocycles. The number of ether oxygens (including phenoxy) is 1. The summed E-state index contributed by atoms with van der Waals surface area (Å²) in [6.45, 7) is 4.11. The Morgan fingerprint density at radius 2 is 1.59 bits per heavy atom. The fourth-order valence-electron chi connectivity index (χ4n) is 3.39. The van der Waals surface area contributed by atoms with Gasteiger partial charge < -0.3 is 10.1 Å². The molecule has 3 aromatic rings. The number of aryl methyl sites for hydroxylation is 1. The summed E-state index contributed by atoms with van der Waals surface area (Å²) in [5, 5.41) is 3.22. The second-order valence-electron chi connectivity index (χ2n) is 7.74. The summed E-state index contributed by atoms with van der Waals surface area (Å²) in [7, 11) is -4.03. The number of anilines is 2. The first-order chi connectivity index (χ1) is 16.3. The van der Waals surface area contributed by atoms with E-state index in [0.717, 1.165) is 23.6 Å². The van der Waals surface area contributed by atoms with Gasteiger partial charge in [-0.1, -0.05) is 37.1 Å². The molecule has 0 aliphatic rings. The van der Waals surface area contributed by atoms with Crippen LogP contribution in [0.5, 0.6) is 5.75 Å². The molecule has 0 saturated carbocycles. The third-order valence-corrected chi connectivity index (χ3v) is 7.22. The monoisotopic (exact) mass is 500 g/mol. The van der Waals surface area contributed by atoms with Crippen LogP contribution in [0.2, 0.25) is 5.02 Å². The third kappa shape index (κ3) is 6.74. The maximum atomic E-state index is 13.5. The van der Waals surface area contributed by atoms with Crippen molar-refractivity contribution < 1.29 is 17.9 Å². The van der Waals surface area contributed by atoms with Gasteiger partial charge in [0.15, 0.2) is 0 Å². The molecule has 0 bridgehead atoms. The molecule has 0 aliphatic heterocycles. The molecular weight excluding hydrogens is 472 g/mol. The number of carbonyl (C=O) groups excluding carboxylic acids is 1. The van der Waals surface area contributed by atoms with Crippen LogP contribution in [0.15, 0.2) is 77.7 Å². The van der Waals surface area contributed by atoms with E-state index < -0.39 is 22.5 Å². The van der Waals surface area contributed by atoms with Gasteiger partial charge in [0, 0.05) is 10.7 Å². The Bertz CT molecular complexity index is 1180. The van der Waals surface area contributed by atoms with Crippen LogP contribution >= 0.6 is 11.6 Å². The minimum atomic E-state index is -4.03. The number of amides is 1. The van der Waals surface area contributed by atoms with E-state index in [4.69, 9.17) is 16.3 Å². The number of nitrogens with one attached hydrogen (secondary N) is 1. The van der Waals surface area contributed by atoms with Crippen LogP contribution in [0.3, 0.4) is 0 Å². The van der Waals surface area contributed by atoms with Gasteiger partial charge in [0.2, 0.25) is 5.91 Å². The van der Waals surface area contributed by atoms with Crippen LogP contribution in [-0.2, 0) is 21.2 Å². The second kappa shape index (κ2) is 11.9. The number of hydrogen-bond donors (Lipinski definition) is 1. The molecule has 0 aliphatic carbocycles.